The Morgan fingerprint density at radius 3 is 2.47 bits per heavy atom. The summed E-state index contributed by atoms with van der Waals surface area (Å²) in [4.78, 5) is 4.57. The fourth-order valence-corrected chi connectivity index (χ4v) is 2.78. The van der Waals surface area contributed by atoms with Gasteiger partial charge in [-0.3, -0.25) is 4.99 Å². The molecule has 2 rings (SSSR count). The van der Waals surface area contributed by atoms with Crippen molar-refractivity contribution in [3.8, 4) is 5.75 Å². The molecule has 0 fully saturated rings. The number of aliphatic imine (C=N–C) groups is 1. The predicted octanol–water partition coefficient (Wildman–Crippen LogP) is 3.90. The molecule has 0 spiro atoms. The molecule has 0 radical (unpaired) electrons. The molecule has 0 aliphatic rings. The Balaban J connectivity index is 0.00000450. The maximum absolute atomic E-state index is 10.2. The molecule has 6 nitrogen and oxygen atoms in total. The third kappa shape index (κ3) is 10.3. The van der Waals surface area contributed by atoms with Gasteiger partial charge in [-0.25, -0.2) is 0 Å². The van der Waals surface area contributed by atoms with Gasteiger partial charge in [-0.1, -0.05) is 42.5 Å². The van der Waals surface area contributed by atoms with Crippen LogP contribution in [0.1, 0.15) is 37.0 Å². The number of aliphatic hydroxyl groups excluding tert-OH is 1. The summed E-state index contributed by atoms with van der Waals surface area (Å²) in [7, 11) is 1.66. The molecule has 0 amide bonds. The van der Waals surface area contributed by atoms with Crippen LogP contribution >= 0.6 is 24.0 Å². The Kier molecular flexibility index (Phi) is 13.9. The smallest absolute Gasteiger partial charge is 0.191 e. The minimum Gasteiger partial charge on any atom is -0.497 e. The van der Waals surface area contributed by atoms with Crippen molar-refractivity contribution in [1.29, 1.82) is 0 Å². The Morgan fingerprint density at radius 1 is 1.07 bits per heavy atom. The number of rotatable bonds is 12. The second-order valence-electron chi connectivity index (χ2n) is 6.66. The molecule has 7 heteroatoms. The quantitative estimate of drug-likeness (QED) is 0.169. The van der Waals surface area contributed by atoms with Crippen molar-refractivity contribution in [2.24, 2.45) is 4.99 Å². The SMILES string of the molecule is CCNC(=NCCCOCc1ccc(OC)cc1)NCCC(O)c1ccccc1.I. The summed E-state index contributed by atoms with van der Waals surface area (Å²) in [5, 5.41) is 16.7. The number of halogens is 1. The van der Waals surface area contributed by atoms with Gasteiger partial charge in [0, 0.05) is 26.2 Å². The van der Waals surface area contributed by atoms with E-state index < -0.39 is 6.10 Å². The number of methoxy groups -OCH3 is 1. The van der Waals surface area contributed by atoms with Crippen LogP contribution in [-0.2, 0) is 11.3 Å². The molecular weight excluding hydrogens is 493 g/mol. The molecule has 2 aromatic carbocycles. The number of ether oxygens (including phenoxy) is 2. The van der Waals surface area contributed by atoms with E-state index in [1.807, 2.05) is 61.5 Å². The van der Waals surface area contributed by atoms with Crippen molar-refractivity contribution in [2.45, 2.75) is 32.5 Å². The Hall–Kier alpha value is -1.84. The van der Waals surface area contributed by atoms with E-state index >= 15 is 0 Å². The fraction of sp³-hybridized carbons (Fsp3) is 0.435. The van der Waals surface area contributed by atoms with Crippen molar-refractivity contribution in [2.75, 3.05) is 33.4 Å². The van der Waals surface area contributed by atoms with Gasteiger partial charge >= 0.3 is 0 Å². The summed E-state index contributed by atoms with van der Waals surface area (Å²) in [5.41, 5.74) is 2.06. The normalized spacial score (nSPS) is 12.0. The van der Waals surface area contributed by atoms with Crippen LogP contribution in [0.25, 0.3) is 0 Å². The number of hydrogen-bond donors (Lipinski definition) is 3. The number of benzene rings is 2. The molecule has 166 valence electrons. The highest BCUT2D eigenvalue weighted by molar-refractivity contribution is 14.0. The van der Waals surface area contributed by atoms with Crippen LogP contribution in [0.15, 0.2) is 59.6 Å². The molecule has 30 heavy (non-hydrogen) atoms. The van der Waals surface area contributed by atoms with E-state index in [0.717, 1.165) is 35.8 Å². The van der Waals surface area contributed by atoms with E-state index in [4.69, 9.17) is 9.47 Å². The zero-order valence-corrected chi connectivity index (χ0v) is 20.2. The van der Waals surface area contributed by atoms with Crippen molar-refractivity contribution < 1.29 is 14.6 Å². The molecule has 0 saturated heterocycles. The second kappa shape index (κ2) is 15.9. The molecular formula is C23H34IN3O3. The molecule has 0 bridgehead atoms. The average molecular weight is 527 g/mol. The van der Waals surface area contributed by atoms with E-state index in [9.17, 15) is 5.11 Å². The summed E-state index contributed by atoms with van der Waals surface area (Å²) in [6.07, 6.45) is 0.997. The Morgan fingerprint density at radius 2 is 1.80 bits per heavy atom. The lowest BCUT2D eigenvalue weighted by Gasteiger charge is -2.14. The first-order valence-corrected chi connectivity index (χ1v) is 10.2. The predicted molar refractivity (Wildman–Crippen MR) is 133 cm³/mol. The van der Waals surface area contributed by atoms with Gasteiger partial charge in [-0.05, 0) is 43.0 Å². The Labute approximate surface area is 197 Å². The van der Waals surface area contributed by atoms with Crippen LogP contribution in [0, 0.1) is 0 Å². The molecule has 0 aromatic heterocycles. The fourth-order valence-electron chi connectivity index (χ4n) is 2.78. The lowest BCUT2D eigenvalue weighted by molar-refractivity contribution is 0.120. The maximum Gasteiger partial charge on any atom is 0.191 e. The van der Waals surface area contributed by atoms with E-state index in [1.165, 1.54) is 0 Å². The second-order valence-corrected chi connectivity index (χ2v) is 6.66. The molecule has 1 unspecified atom stereocenters. The monoisotopic (exact) mass is 527 g/mol. The minimum absolute atomic E-state index is 0. The van der Waals surface area contributed by atoms with Crippen LogP contribution < -0.4 is 15.4 Å². The van der Waals surface area contributed by atoms with Crippen molar-refractivity contribution in [1.82, 2.24) is 10.6 Å². The van der Waals surface area contributed by atoms with E-state index in [-0.39, 0.29) is 24.0 Å². The summed E-state index contributed by atoms with van der Waals surface area (Å²) in [6.45, 7) is 5.40. The van der Waals surface area contributed by atoms with Gasteiger partial charge in [-0.15, -0.1) is 24.0 Å². The van der Waals surface area contributed by atoms with E-state index in [2.05, 4.69) is 15.6 Å². The Bertz CT molecular complexity index is 711. The zero-order valence-electron chi connectivity index (χ0n) is 17.8. The van der Waals surface area contributed by atoms with Gasteiger partial charge < -0.3 is 25.2 Å². The van der Waals surface area contributed by atoms with Gasteiger partial charge in [0.2, 0.25) is 0 Å². The summed E-state index contributed by atoms with van der Waals surface area (Å²) < 4.78 is 10.9. The first-order chi connectivity index (χ1) is 14.2. The van der Waals surface area contributed by atoms with Gasteiger partial charge in [0.25, 0.3) is 0 Å². The van der Waals surface area contributed by atoms with Crippen LogP contribution in [0.3, 0.4) is 0 Å². The largest absolute Gasteiger partial charge is 0.497 e. The van der Waals surface area contributed by atoms with Crippen LogP contribution in [0.4, 0.5) is 0 Å². The molecule has 0 heterocycles. The highest BCUT2D eigenvalue weighted by Crippen LogP contribution is 2.15. The first-order valence-electron chi connectivity index (χ1n) is 10.2. The zero-order chi connectivity index (χ0) is 20.7. The minimum atomic E-state index is -0.474. The topological polar surface area (TPSA) is 75.1 Å². The van der Waals surface area contributed by atoms with Crippen molar-refractivity contribution in [3.63, 3.8) is 0 Å². The molecule has 0 aliphatic carbocycles. The van der Waals surface area contributed by atoms with E-state index in [0.29, 0.717) is 32.7 Å². The maximum atomic E-state index is 10.2. The summed E-state index contributed by atoms with van der Waals surface area (Å²) in [5.74, 6) is 1.62. The van der Waals surface area contributed by atoms with Gasteiger partial charge in [-0.2, -0.15) is 0 Å². The molecule has 3 N–H and O–H groups in total. The molecule has 0 saturated carbocycles. The summed E-state index contributed by atoms with van der Waals surface area (Å²) in [6, 6.07) is 17.6. The third-order valence-corrected chi connectivity index (χ3v) is 4.38. The van der Waals surface area contributed by atoms with E-state index in [1.54, 1.807) is 7.11 Å². The molecule has 0 aliphatic heterocycles. The number of aliphatic hydroxyl groups is 1. The van der Waals surface area contributed by atoms with Crippen molar-refractivity contribution in [3.05, 3.63) is 65.7 Å². The molecule has 1 atom stereocenters. The van der Waals surface area contributed by atoms with Crippen LogP contribution in [0.5, 0.6) is 5.75 Å². The first kappa shape index (κ1) is 26.2. The third-order valence-electron chi connectivity index (χ3n) is 4.38. The van der Waals surface area contributed by atoms with Gasteiger partial charge in [0.1, 0.15) is 5.75 Å². The van der Waals surface area contributed by atoms with Crippen LogP contribution in [-0.4, -0.2) is 44.4 Å². The standard InChI is InChI=1S/C23H33N3O3.HI/c1-3-24-23(26-16-14-22(27)20-8-5-4-6-9-20)25-15-7-17-29-18-19-10-12-21(28-2)13-11-19;/h4-6,8-13,22,27H,3,7,14-18H2,1-2H3,(H2,24,25,26);1H. The van der Waals surface area contributed by atoms with Crippen LogP contribution in [0.2, 0.25) is 0 Å². The van der Waals surface area contributed by atoms with Gasteiger partial charge in [0.15, 0.2) is 5.96 Å². The lowest BCUT2D eigenvalue weighted by atomic mass is 10.1. The number of nitrogens with one attached hydrogen (secondary N) is 2. The highest BCUT2D eigenvalue weighted by atomic mass is 127. The number of guanidine groups is 1. The average Bonchev–Trinajstić information content (AvgIpc) is 2.77. The number of nitrogens with zero attached hydrogens (tertiary/aromatic N) is 1. The van der Waals surface area contributed by atoms with Crippen molar-refractivity contribution >= 4 is 29.9 Å². The molecule has 2 aromatic rings. The highest BCUT2D eigenvalue weighted by Gasteiger charge is 2.06. The lowest BCUT2D eigenvalue weighted by Crippen LogP contribution is -2.38. The van der Waals surface area contributed by atoms with Gasteiger partial charge in [0.05, 0.1) is 19.8 Å². The number of hydrogen-bond acceptors (Lipinski definition) is 4. The summed E-state index contributed by atoms with van der Waals surface area (Å²) >= 11 is 0.